The summed E-state index contributed by atoms with van der Waals surface area (Å²) in [6.45, 7) is 2.39. The number of hydrogen-bond acceptors (Lipinski definition) is 5. The molecule has 1 heterocycles. The summed E-state index contributed by atoms with van der Waals surface area (Å²) >= 11 is 0. The monoisotopic (exact) mass is 492 g/mol. The maximum Gasteiger partial charge on any atom is 0.243 e. The molecule has 0 radical (unpaired) electrons. The van der Waals surface area contributed by atoms with Crippen LogP contribution in [0.15, 0.2) is 77.7 Å². The molecular formula is C27H28N2O5S. The third-order valence-corrected chi connectivity index (χ3v) is 8.15. The summed E-state index contributed by atoms with van der Waals surface area (Å²) in [6, 6.07) is 20.6. The second-order valence-corrected chi connectivity index (χ2v) is 10.5. The van der Waals surface area contributed by atoms with Gasteiger partial charge in [0.2, 0.25) is 15.9 Å². The van der Waals surface area contributed by atoms with Crippen LogP contribution in [-0.4, -0.2) is 44.6 Å². The van der Waals surface area contributed by atoms with Crippen LogP contribution in [0.25, 0.3) is 0 Å². The maximum absolute atomic E-state index is 13.1. The first-order valence-corrected chi connectivity index (χ1v) is 12.9. The molecule has 3 aromatic rings. The van der Waals surface area contributed by atoms with Crippen LogP contribution in [0.5, 0.6) is 5.75 Å². The molecule has 0 saturated carbocycles. The summed E-state index contributed by atoms with van der Waals surface area (Å²) in [6.07, 6.45) is 0.796. The van der Waals surface area contributed by atoms with E-state index in [2.05, 4.69) is 5.32 Å². The molecule has 1 aliphatic heterocycles. The van der Waals surface area contributed by atoms with E-state index < -0.39 is 10.0 Å². The predicted octanol–water partition coefficient (Wildman–Crippen LogP) is 4.27. The average molecular weight is 493 g/mol. The lowest BCUT2D eigenvalue weighted by Gasteiger charge is -2.30. The Hall–Kier alpha value is -3.49. The first-order valence-electron chi connectivity index (χ1n) is 11.4. The molecule has 0 unspecified atom stereocenters. The van der Waals surface area contributed by atoms with Crippen molar-refractivity contribution in [3.8, 4) is 5.75 Å². The van der Waals surface area contributed by atoms with Crippen LogP contribution in [0.3, 0.4) is 0 Å². The fraction of sp³-hybridized carbons (Fsp3) is 0.259. The highest BCUT2D eigenvalue weighted by atomic mass is 32.2. The molecule has 0 aliphatic carbocycles. The quantitative estimate of drug-likeness (QED) is 0.497. The molecule has 182 valence electrons. The minimum Gasteiger partial charge on any atom is -0.497 e. The van der Waals surface area contributed by atoms with Gasteiger partial charge in [-0.25, -0.2) is 8.42 Å². The minimum atomic E-state index is -3.65. The van der Waals surface area contributed by atoms with Gasteiger partial charge < -0.3 is 10.1 Å². The molecule has 0 bridgehead atoms. The number of anilines is 1. The zero-order valence-corrected chi connectivity index (χ0v) is 20.5. The summed E-state index contributed by atoms with van der Waals surface area (Å²) in [4.78, 5) is 26.3. The first-order chi connectivity index (χ1) is 16.8. The summed E-state index contributed by atoms with van der Waals surface area (Å²) in [5.41, 5.74) is 2.36. The molecule has 1 saturated heterocycles. The number of methoxy groups -OCH3 is 1. The van der Waals surface area contributed by atoms with Crippen molar-refractivity contribution in [1.82, 2.24) is 4.31 Å². The highest BCUT2D eigenvalue weighted by Crippen LogP contribution is 2.27. The number of nitrogens with zero attached hydrogens (tertiary/aromatic N) is 1. The lowest BCUT2D eigenvalue weighted by molar-refractivity contribution is -0.120. The second-order valence-electron chi connectivity index (χ2n) is 8.59. The molecule has 4 rings (SSSR count). The average Bonchev–Trinajstić information content (AvgIpc) is 2.89. The van der Waals surface area contributed by atoms with E-state index in [-0.39, 0.29) is 35.6 Å². The Balaban J connectivity index is 1.44. The Bertz CT molecular complexity index is 1310. The van der Waals surface area contributed by atoms with Crippen LogP contribution in [-0.2, 0) is 14.8 Å². The molecule has 7 nitrogen and oxygen atoms in total. The number of amides is 1. The highest BCUT2D eigenvalue weighted by Gasteiger charge is 2.32. The van der Waals surface area contributed by atoms with Crippen molar-refractivity contribution in [3.63, 3.8) is 0 Å². The Morgan fingerprint density at radius 3 is 2.23 bits per heavy atom. The summed E-state index contributed by atoms with van der Waals surface area (Å²) < 4.78 is 32.5. The van der Waals surface area contributed by atoms with E-state index in [1.165, 1.54) is 23.5 Å². The molecule has 8 heteroatoms. The molecule has 0 atom stereocenters. The number of hydrogen-bond donors (Lipinski definition) is 1. The summed E-state index contributed by atoms with van der Waals surface area (Å²) in [5.74, 6) is -0.138. The Morgan fingerprint density at radius 2 is 1.60 bits per heavy atom. The summed E-state index contributed by atoms with van der Waals surface area (Å²) in [5, 5.41) is 2.91. The van der Waals surface area contributed by atoms with E-state index in [9.17, 15) is 18.0 Å². The molecular weight excluding hydrogens is 464 g/mol. The number of carbonyl (C=O) groups excluding carboxylic acids is 2. The smallest absolute Gasteiger partial charge is 0.243 e. The van der Waals surface area contributed by atoms with Gasteiger partial charge in [0.25, 0.3) is 0 Å². The van der Waals surface area contributed by atoms with Crippen molar-refractivity contribution in [2.75, 3.05) is 25.5 Å². The van der Waals surface area contributed by atoms with Crippen molar-refractivity contribution in [2.45, 2.75) is 24.7 Å². The second kappa shape index (κ2) is 10.4. The Kier molecular flexibility index (Phi) is 7.33. The fourth-order valence-electron chi connectivity index (χ4n) is 4.19. The van der Waals surface area contributed by atoms with Crippen LogP contribution in [0.1, 0.15) is 34.3 Å². The zero-order chi connectivity index (χ0) is 25.0. The Morgan fingerprint density at radius 1 is 0.943 bits per heavy atom. The van der Waals surface area contributed by atoms with Gasteiger partial charge in [0.05, 0.1) is 17.7 Å². The first kappa shape index (κ1) is 24.6. The largest absolute Gasteiger partial charge is 0.497 e. The van der Waals surface area contributed by atoms with Crippen LogP contribution >= 0.6 is 0 Å². The summed E-state index contributed by atoms with van der Waals surface area (Å²) in [7, 11) is -2.12. The minimum absolute atomic E-state index is 0.162. The topological polar surface area (TPSA) is 92.8 Å². The van der Waals surface area contributed by atoms with E-state index in [0.29, 0.717) is 35.4 Å². The lowest BCUT2D eigenvalue weighted by Crippen LogP contribution is -2.41. The van der Waals surface area contributed by atoms with Crippen molar-refractivity contribution < 1.29 is 22.7 Å². The van der Waals surface area contributed by atoms with E-state index in [1.807, 2.05) is 19.1 Å². The third-order valence-electron chi connectivity index (χ3n) is 6.24. The number of aryl methyl sites for hydroxylation is 1. The molecule has 0 aromatic heterocycles. The number of sulfonamides is 1. The molecule has 1 aliphatic rings. The number of carbonyl (C=O) groups is 2. The molecule has 35 heavy (non-hydrogen) atoms. The van der Waals surface area contributed by atoms with Crippen molar-refractivity contribution >= 4 is 27.4 Å². The standard InChI is InChI=1S/C27H28N2O5S/c1-19-8-13-25(24(18-19)26(30)20-6-4-3-5-7-20)28-27(31)21-14-16-29(17-15-21)35(32,33)23-11-9-22(34-2)10-12-23/h3-13,18,21H,14-17H2,1-2H3,(H,28,31). The van der Waals surface area contributed by atoms with Gasteiger partial charge in [-0.05, 0) is 56.2 Å². The SMILES string of the molecule is COc1ccc(S(=O)(=O)N2CCC(C(=O)Nc3ccc(C)cc3C(=O)c3ccccc3)CC2)cc1. The van der Waals surface area contributed by atoms with Crippen molar-refractivity contribution in [2.24, 2.45) is 5.92 Å². The normalized spacial score (nSPS) is 14.9. The number of ketones is 1. The Labute approximate surface area is 205 Å². The van der Waals surface area contributed by atoms with Crippen molar-refractivity contribution in [1.29, 1.82) is 0 Å². The number of ether oxygens (including phenoxy) is 1. The molecule has 1 fully saturated rings. The molecule has 0 spiro atoms. The van der Waals surface area contributed by atoms with Crippen molar-refractivity contribution in [3.05, 3.63) is 89.5 Å². The van der Waals surface area contributed by atoms with Crippen LogP contribution in [0.2, 0.25) is 0 Å². The zero-order valence-electron chi connectivity index (χ0n) is 19.7. The van der Waals surface area contributed by atoms with E-state index in [4.69, 9.17) is 4.74 Å². The highest BCUT2D eigenvalue weighted by molar-refractivity contribution is 7.89. The molecule has 1 N–H and O–H groups in total. The number of nitrogens with one attached hydrogen (secondary N) is 1. The maximum atomic E-state index is 13.1. The van der Waals surface area contributed by atoms with E-state index in [1.54, 1.807) is 48.5 Å². The molecule has 1 amide bonds. The van der Waals surface area contributed by atoms with Gasteiger partial charge in [-0.1, -0.05) is 42.0 Å². The van der Waals surface area contributed by atoms with Gasteiger partial charge in [-0.3, -0.25) is 9.59 Å². The van der Waals surface area contributed by atoms with E-state index >= 15 is 0 Å². The van der Waals surface area contributed by atoms with Gasteiger partial charge in [0.15, 0.2) is 5.78 Å². The van der Waals surface area contributed by atoms with Gasteiger partial charge in [-0.2, -0.15) is 4.31 Å². The third kappa shape index (κ3) is 5.44. The molecule has 3 aromatic carbocycles. The lowest BCUT2D eigenvalue weighted by atomic mass is 9.96. The number of rotatable bonds is 7. The van der Waals surface area contributed by atoms with Crippen LogP contribution in [0, 0.1) is 12.8 Å². The fourth-order valence-corrected chi connectivity index (χ4v) is 5.66. The number of piperidine rings is 1. The number of benzene rings is 3. The van der Waals surface area contributed by atoms with Crippen LogP contribution in [0.4, 0.5) is 5.69 Å². The predicted molar refractivity (Wildman–Crippen MR) is 134 cm³/mol. The van der Waals surface area contributed by atoms with Gasteiger partial charge in [0, 0.05) is 30.1 Å². The van der Waals surface area contributed by atoms with Gasteiger partial charge in [-0.15, -0.1) is 0 Å². The van der Waals surface area contributed by atoms with Gasteiger partial charge >= 0.3 is 0 Å². The van der Waals surface area contributed by atoms with Gasteiger partial charge in [0.1, 0.15) is 5.75 Å². The van der Waals surface area contributed by atoms with Crippen LogP contribution < -0.4 is 10.1 Å². The van der Waals surface area contributed by atoms with E-state index in [0.717, 1.165) is 5.56 Å².